The van der Waals surface area contributed by atoms with Crippen molar-refractivity contribution >= 4 is 23.4 Å². The van der Waals surface area contributed by atoms with Crippen molar-refractivity contribution in [3.05, 3.63) is 65.5 Å². The molecule has 3 nitrogen and oxygen atoms in total. The second kappa shape index (κ2) is 6.91. The van der Waals surface area contributed by atoms with E-state index in [4.69, 9.17) is 16.3 Å². The lowest BCUT2D eigenvalue weighted by Gasteiger charge is -2.07. The Kier molecular flexibility index (Phi) is 4.96. The van der Waals surface area contributed by atoms with Crippen molar-refractivity contribution in [3.63, 3.8) is 0 Å². The maximum absolute atomic E-state index is 12.7. The Bertz CT molecular complexity index is 569. The Hall–Kier alpha value is -2.07. The van der Waals surface area contributed by atoms with Gasteiger partial charge >= 0.3 is 6.09 Å². The number of carbonyl (C=O) groups is 1. The predicted molar refractivity (Wildman–Crippen MR) is 76.2 cm³/mol. The lowest BCUT2D eigenvalue weighted by Crippen LogP contribution is -2.13. The molecule has 0 aromatic heterocycles. The molecular weight excluding hydrogens is 281 g/mol. The highest BCUT2D eigenvalue weighted by Gasteiger charge is 2.04. The average molecular weight is 294 g/mol. The van der Waals surface area contributed by atoms with E-state index in [2.05, 4.69) is 5.32 Å². The van der Waals surface area contributed by atoms with Crippen LogP contribution in [0.15, 0.2) is 48.5 Å². The zero-order chi connectivity index (χ0) is 14.4. The minimum absolute atomic E-state index is 0.162. The van der Waals surface area contributed by atoms with Gasteiger partial charge in [0.1, 0.15) is 12.4 Å². The van der Waals surface area contributed by atoms with E-state index in [1.807, 2.05) is 24.3 Å². The van der Waals surface area contributed by atoms with Gasteiger partial charge in [-0.15, -0.1) is 11.6 Å². The van der Waals surface area contributed by atoms with Crippen molar-refractivity contribution in [2.75, 3.05) is 5.32 Å². The van der Waals surface area contributed by atoms with E-state index < -0.39 is 6.09 Å². The van der Waals surface area contributed by atoms with Crippen LogP contribution in [0.2, 0.25) is 0 Å². The van der Waals surface area contributed by atoms with Gasteiger partial charge in [-0.2, -0.15) is 0 Å². The molecule has 0 saturated heterocycles. The number of hydrogen-bond acceptors (Lipinski definition) is 2. The molecule has 0 aliphatic rings. The summed E-state index contributed by atoms with van der Waals surface area (Å²) < 4.78 is 17.8. The van der Waals surface area contributed by atoms with Gasteiger partial charge in [-0.3, -0.25) is 5.32 Å². The standard InChI is InChI=1S/C15H13ClFNO2/c16-9-11-1-3-12(4-2-11)10-20-15(19)18-14-7-5-13(17)6-8-14/h1-8H,9-10H2,(H,18,19). The molecule has 0 spiro atoms. The van der Waals surface area contributed by atoms with Crippen LogP contribution in [0.3, 0.4) is 0 Å². The largest absolute Gasteiger partial charge is 0.444 e. The fourth-order valence-corrected chi connectivity index (χ4v) is 1.74. The van der Waals surface area contributed by atoms with Crippen molar-refractivity contribution in [1.82, 2.24) is 0 Å². The van der Waals surface area contributed by atoms with E-state index >= 15 is 0 Å². The van der Waals surface area contributed by atoms with Crippen LogP contribution in [0.1, 0.15) is 11.1 Å². The van der Waals surface area contributed by atoms with E-state index in [0.29, 0.717) is 11.6 Å². The van der Waals surface area contributed by atoms with Gasteiger partial charge in [0.25, 0.3) is 0 Å². The minimum atomic E-state index is -0.585. The molecule has 2 aromatic rings. The number of carbonyl (C=O) groups excluding carboxylic acids is 1. The Morgan fingerprint density at radius 3 is 2.25 bits per heavy atom. The summed E-state index contributed by atoms with van der Waals surface area (Å²) in [7, 11) is 0. The molecular formula is C15H13ClFNO2. The molecule has 20 heavy (non-hydrogen) atoms. The second-order valence-corrected chi connectivity index (χ2v) is 4.43. The molecule has 0 fully saturated rings. The number of amides is 1. The van der Waals surface area contributed by atoms with E-state index in [9.17, 15) is 9.18 Å². The van der Waals surface area contributed by atoms with Crippen LogP contribution in [0.25, 0.3) is 0 Å². The molecule has 0 aliphatic carbocycles. The Morgan fingerprint density at radius 2 is 1.65 bits per heavy atom. The van der Waals surface area contributed by atoms with Crippen LogP contribution in [0.5, 0.6) is 0 Å². The predicted octanol–water partition coefficient (Wildman–Crippen LogP) is 4.31. The summed E-state index contributed by atoms with van der Waals surface area (Å²) in [6, 6.07) is 12.9. The number of nitrogens with one attached hydrogen (secondary N) is 1. The molecule has 5 heteroatoms. The zero-order valence-electron chi connectivity index (χ0n) is 10.6. The number of alkyl halides is 1. The van der Waals surface area contributed by atoms with Gasteiger partial charge in [-0.1, -0.05) is 24.3 Å². The quantitative estimate of drug-likeness (QED) is 0.853. The molecule has 0 aliphatic heterocycles. The van der Waals surface area contributed by atoms with Crippen molar-refractivity contribution < 1.29 is 13.9 Å². The molecule has 1 N–H and O–H groups in total. The summed E-state index contributed by atoms with van der Waals surface area (Å²) in [5.41, 5.74) is 2.35. The Labute approximate surface area is 121 Å². The molecule has 0 heterocycles. The van der Waals surface area contributed by atoms with E-state index in [1.54, 1.807) is 0 Å². The van der Waals surface area contributed by atoms with E-state index in [0.717, 1.165) is 11.1 Å². The molecule has 1 amide bonds. The van der Waals surface area contributed by atoms with Gasteiger partial charge in [0.05, 0.1) is 0 Å². The number of anilines is 1. The highest BCUT2D eigenvalue weighted by molar-refractivity contribution is 6.17. The van der Waals surface area contributed by atoms with Crippen molar-refractivity contribution in [3.8, 4) is 0 Å². The van der Waals surface area contributed by atoms with Crippen molar-refractivity contribution in [2.45, 2.75) is 12.5 Å². The third-order valence-electron chi connectivity index (χ3n) is 2.64. The van der Waals surface area contributed by atoms with Gasteiger partial charge in [0, 0.05) is 11.6 Å². The van der Waals surface area contributed by atoms with Crippen LogP contribution in [0.4, 0.5) is 14.9 Å². The molecule has 104 valence electrons. The summed E-state index contributed by atoms with van der Waals surface area (Å²) in [6.45, 7) is 0.162. The van der Waals surface area contributed by atoms with E-state index in [-0.39, 0.29) is 12.4 Å². The lowest BCUT2D eigenvalue weighted by atomic mass is 10.2. The van der Waals surface area contributed by atoms with Gasteiger partial charge in [0.2, 0.25) is 0 Å². The number of ether oxygens (including phenoxy) is 1. The van der Waals surface area contributed by atoms with Crippen molar-refractivity contribution in [1.29, 1.82) is 0 Å². The first-order valence-electron chi connectivity index (χ1n) is 6.00. The smallest absolute Gasteiger partial charge is 0.411 e. The first-order valence-corrected chi connectivity index (χ1v) is 6.54. The summed E-state index contributed by atoms with van der Waals surface area (Å²) in [4.78, 5) is 11.5. The minimum Gasteiger partial charge on any atom is -0.444 e. The van der Waals surface area contributed by atoms with Crippen LogP contribution in [0, 0.1) is 5.82 Å². The van der Waals surface area contributed by atoms with Crippen LogP contribution in [-0.2, 0) is 17.2 Å². The van der Waals surface area contributed by atoms with Gasteiger partial charge in [0.15, 0.2) is 0 Å². The molecule has 2 rings (SSSR count). The van der Waals surface area contributed by atoms with Gasteiger partial charge in [-0.25, -0.2) is 9.18 Å². The summed E-state index contributed by atoms with van der Waals surface area (Å²) in [6.07, 6.45) is -0.585. The SMILES string of the molecule is O=C(Nc1ccc(F)cc1)OCc1ccc(CCl)cc1. The molecule has 0 atom stereocenters. The molecule has 0 unspecified atom stereocenters. The number of hydrogen-bond donors (Lipinski definition) is 1. The number of rotatable bonds is 4. The normalized spacial score (nSPS) is 10.1. The zero-order valence-corrected chi connectivity index (χ0v) is 11.4. The van der Waals surface area contributed by atoms with Crippen LogP contribution in [-0.4, -0.2) is 6.09 Å². The Balaban J connectivity index is 1.83. The topological polar surface area (TPSA) is 38.3 Å². The first kappa shape index (κ1) is 14.3. The van der Waals surface area contributed by atoms with Crippen molar-refractivity contribution in [2.24, 2.45) is 0 Å². The molecule has 0 bridgehead atoms. The second-order valence-electron chi connectivity index (χ2n) is 4.16. The fraction of sp³-hybridized carbons (Fsp3) is 0.133. The van der Waals surface area contributed by atoms with Crippen LogP contribution >= 0.6 is 11.6 Å². The Morgan fingerprint density at radius 1 is 1.05 bits per heavy atom. The molecule has 0 saturated carbocycles. The third kappa shape index (κ3) is 4.24. The molecule has 0 radical (unpaired) electrons. The first-order chi connectivity index (χ1) is 9.67. The number of benzene rings is 2. The highest BCUT2D eigenvalue weighted by Crippen LogP contribution is 2.10. The fourth-order valence-electron chi connectivity index (χ4n) is 1.56. The summed E-state index contributed by atoms with van der Waals surface area (Å²) >= 11 is 5.69. The lowest BCUT2D eigenvalue weighted by molar-refractivity contribution is 0.155. The average Bonchev–Trinajstić information content (AvgIpc) is 2.48. The maximum atomic E-state index is 12.7. The summed E-state index contributed by atoms with van der Waals surface area (Å²) in [5, 5.41) is 2.51. The maximum Gasteiger partial charge on any atom is 0.411 e. The number of halogens is 2. The highest BCUT2D eigenvalue weighted by atomic mass is 35.5. The van der Waals surface area contributed by atoms with Crippen LogP contribution < -0.4 is 5.32 Å². The molecule has 2 aromatic carbocycles. The van der Waals surface area contributed by atoms with Gasteiger partial charge in [-0.05, 0) is 35.4 Å². The van der Waals surface area contributed by atoms with Gasteiger partial charge < -0.3 is 4.74 Å². The monoisotopic (exact) mass is 293 g/mol. The third-order valence-corrected chi connectivity index (χ3v) is 2.95. The van der Waals surface area contributed by atoms with E-state index in [1.165, 1.54) is 24.3 Å². The summed E-state index contributed by atoms with van der Waals surface area (Å²) in [5.74, 6) is 0.0925.